The monoisotopic (exact) mass is 314 g/mol. The number of sulfonamides is 1. The zero-order valence-electron chi connectivity index (χ0n) is 13.1. The smallest absolute Gasteiger partial charge is 0.244 e. The maximum absolute atomic E-state index is 12.7. The summed E-state index contributed by atoms with van der Waals surface area (Å²) < 4.78 is 30.0. The molecule has 0 radical (unpaired) electrons. The number of nitrogens with one attached hydrogen (secondary N) is 1. The molecule has 0 aliphatic heterocycles. The molecule has 1 heterocycles. The fourth-order valence-corrected chi connectivity index (χ4v) is 4.95. The molecule has 0 saturated heterocycles. The van der Waals surface area contributed by atoms with Crippen molar-refractivity contribution in [1.82, 2.24) is 14.5 Å². The predicted octanol–water partition coefficient (Wildman–Crippen LogP) is 1.32. The Kier molecular flexibility index (Phi) is 5.06. The largest absolute Gasteiger partial charge is 0.329 e. The van der Waals surface area contributed by atoms with Gasteiger partial charge in [-0.25, -0.2) is 13.1 Å². The second-order valence-electron chi connectivity index (χ2n) is 6.00. The highest BCUT2D eigenvalue weighted by Crippen LogP contribution is 2.26. The van der Waals surface area contributed by atoms with Crippen LogP contribution < -0.4 is 10.5 Å². The van der Waals surface area contributed by atoms with E-state index in [4.69, 9.17) is 5.73 Å². The Labute approximate surface area is 127 Å². The van der Waals surface area contributed by atoms with Crippen LogP contribution in [0.15, 0.2) is 4.90 Å². The number of aromatic nitrogens is 2. The molecule has 2 rings (SSSR count). The average molecular weight is 314 g/mol. The Morgan fingerprint density at radius 3 is 2.62 bits per heavy atom. The van der Waals surface area contributed by atoms with Gasteiger partial charge in [0.1, 0.15) is 4.90 Å². The molecule has 1 fully saturated rings. The van der Waals surface area contributed by atoms with Gasteiger partial charge >= 0.3 is 0 Å². The molecular formula is C14H26N4O2S. The molecule has 3 N–H and O–H groups in total. The van der Waals surface area contributed by atoms with E-state index in [0.717, 1.165) is 19.3 Å². The van der Waals surface area contributed by atoms with Gasteiger partial charge in [0.05, 0.1) is 17.9 Å². The molecule has 120 valence electrons. The van der Waals surface area contributed by atoms with E-state index in [1.807, 2.05) is 0 Å². The Morgan fingerprint density at radius 2 is 2.00 bits per heavy atom. The van der Waals surface area contributed by atoms with Crippen LogP contribution in [-0.2, 0) is 16.6 Å². The van der Waals surface area contributed by atoms with Gasteiger partial charge in [0.25, 0.3) is 0 Å². The third kappa shape index (κ3) is 3.46. The van der Waals surface area contributed by atoms with Gasteiger partial charge in [-0.1, -0.05) is 19.8 Å². The van der Waals surface area contributed by atoms with Crippen molar-refractivity contribution in [1.29, 1.82) is 0 Å². The van der Waals surface area contributed by atoms with Crippen molar-refractivity contribution < 1.29 is 8.42 Å². The van der Waals surface area contributed by atoms with E-state index in [9.17, 15) is 8.42 Å². The molecule has 7 heteroatoms. The number of rotatable bonds is 5. The van der Waals surface area contributed by atoms with E-state index in [1.54, 1.807) is 18.5 Å². The molecule has 1 saturated carbocycles. The highest BCUT2D eigenvalue weighted by atomic mass is 32.2. The van der Waals surface area contributed by atoms with Crippen LogP contribution in [0.4, 0.5) is 0 Å². The van der Waals surface area contributed by atoms with Crippen LogP contribution in [-0.4, -0.2) is 30.8 Å². The maximum Gasteiger partial charge on any atom is 0.244 e. The average Bonchev–Trinajstić information content (AvgIpc) is 2.68. The molecule has 6 nitrogen and oxygen atoms in total. The normalized spacial score (nSPS) is 23.4. The van der Waals surface area contributed by atoms with Crippen LogP contribution in [0, 0.1) is 19.8 Å². The summed E-state index contributed by atoms with van der Waals surface area (Å²) in [5, 5.41) is 4.30. The zero-order valence-corrected chi connectivity index (χ0v) is 13.9. The Morgan fingerprint density at radius 1 is 1.33 bits per heavy atom. The first kappa shape index (κ1) is 16.5. The third-order valence-electron chi connectivity index (χ3n) is 4.34. The zero-order chi connectivity index (χ0) is 15.6. The number of hydrogen-bond acceptors (Lipinski definition) is 4. The van der Waals surface area contributed by atoms with Crippen molar-refractivity contribution >= 4 is 10.0 Å². The molecule has 1 aliphatic rings. The summed E-state index contributed by atoms with van der Waals surface area (Å²) in [5.74, 6) is 0.383. The highest BCUT2D eigenvalue weighted by molar-refractivity contribution is 7.89. The van der Waals surface area contributed by atoms with Gasteiger partial charge in [0.2, 0.25) is 10.0 Å². The van der Waals surface area contributed by atoms with E-state index in [0.29, 0.717) is 35.3 Å². The Balaban J connectivity index is 2.27. The van der Waals surface area contributed by atoms with Gasteiger partial charge in [0, 0.05) is 12.6 Å². The van der Waals surface area contributed by atoms with Crippen molar-refractivity contribution in [3.8, 4) is 0 Å². The van der Waals surface area contributed by atoms with Crippen LogP contribution in [0.5, 0.6) is 0 Å². The van der Waals surface area contributed by atoms with Gasteiger partial charge in [-0.05, 0) is 32.6 Å². The van der Waals surface area contributed by atoms with Gasteiger partial charge in [-0.3, -0.25) is 4.68 Å². The lowest BCUT2D eigenvalue weighted by atomic mass is 9.87. The van der Waals surface area contributed by atoms with Crippen LogP contribution in [0.3, 0.4) is 0 Å². The Bertz CT molecular complexity index is 594. The number of nitrogens with zero attached hydrogens (tertiary/aromatic N) is 2. The minimum Gasteiger partial charge on any atom is -0.329 e. The molecular weight excluding hydrogens is 288 g/mol. The van der Waals surface area contributed by atoms with Crippen molar-refractivity contribution in [2.24, 2.45) is 11.7 Å². The van der Waals surface area contributed by atoms with Gasteiger partial charge in [-0.15, -0.1) is 0 Å². The molecule has 0 bridgehead atoms. The Hall–Kier alpha value is -0.920. The van der Waals surface area contributed by atoms with E-state index in [2.05, 4.69) is 16.7 Å². The molecule has 1 aliphatic carbocycles. The van der Waals surface area contributed by atoms with E-state index in [-0.39, 0.29) is 6.04 Å². The first-order chi connectivity index (χ1) is 9.86. The summed E-state index contributed by atoms with van der Waals surface area (Å²) in [6.07, 6.45) is 4.26. The molecule has 2 unspecified atom stereocenters. The van der Waals surface area contributed by atoms with Crippen LogP contribution in [0.2, 0.25) is 0 Å². The highest BCUT2D eigenvalue weighted by Gasteiger charge is 2.30. The summed E-state index contributed by atoms with van der Waals surface area (Å²) in [7, 11) is -3.53. The van der Waals surface area contributed by atoms with Crippen molar-refractivity contribution in [2.45, 2.75) is 63.9 Å². The summed E-state index contributed by atoms with van der Waals surface area (Å²) in [6.45, 7) is 6.61. The fourth-order valence-electron chi connectivity index (χ4n) is 3.16. The lowest BCUT2D eigenvalue weighted by Gasteiger charge is -2.29. The van der Waals surface area contributed by atoms with Crippen LogP contribution in [0.1, 0.15) is 44.0 Å². The van der Waals surface area contributed by atoms with Gasteiger partial charge in [-0.2, -0.15) is 5.10 Å². The van der Waals surface area contributed by atoms with Gasteiger partial charge < -0.3 is 5.73 Å². The quantitative estimate of drug-likeness (QED) is 0.857. The molecule has 0 spiro atoms. The predicted molar refractivity (Wildman–Crippen MR) is 82.5 cm³/mol. The number of nitrogens with two attached hydrogens (primary N) is 1. The van der Waals surface area contributed by atoms with Crippen LogP contribution >= 0.6 is 0 Å². The fraction of sp³-hybridized carbons (Fsp3) is 0.786. The van der Waals surface area contributed by atoms with E-state index >= 15 is 0 Å². The van der Waals surface area contributed by atoms with Gasteiger partial charge in [0.15, 0.2) is 0 Å². The molecule has 1 aromatic heterocycles. The summed E-state index contributed by atoms with van der Waals surface area (Å²) in [6, 6.07) is 0.0282. The topological polar surface area (TPSA) is 90.0 Å². The second-order valence-corrected chi connectivity index (χ2v) is 7.65. The van der Waals surface area contributed by atoms with Crippen molar-refractivity contribution in [3.63, 3.8) is 0 Å². The minimum atomic E-state index is -3.53. The van der Waals surface area contributed by atoms with Crippen molar-refractivity contribution in [2.75, 3.05) is 6.54 Å². The van der Waals surface area contributed by atoms with Crippen LogP contribution in [0.25, 0.3) is 0 Å². The number of hydrogen-bond donors (Lipinski definition) is 2. The SMILES string of the molecule is Cc1nn(CCN)c(C)c1S(=O)(=O)NC1CCCCC1C. The maximum atomic E-state index is 12.7. The van der Waals surface area contributed by atoms with E-state index < -0.39 is 10.0 Å². The summed E-state index contributed by atoms with van der Waals surface area (Å²) >= 11 is 0. The molecule has 0 aromatic carbocycles. The second kappa shape index (κ2) is 6.46. The number of aryl methyl sites for hydroxylation is 1. The first-order valence-electron chi connectivity index (χ1n) is 7.63. The van der Waals surface area contributed by atoms with Crippen molar-refractivity contribution in [3.05, 3.63) is 11.4 Å². The standard InChI is InChI=1S/C14H26N4O2S/c1-10-6-4-5-7-13(10)17-21(19,20)14-11(2)16-18(9-8-15)12(14)3/h10,13,17H,4-9,15H2,1-3H3. The summed E-state index contributed by atoms with van der Waals surface area (Å²) in [5.41, 5.74) is 6.74. The molecule has 21 heavy (non-hydrogen) atoms. The molecule has 0 amide bonds. The molecule has 1 aromatic rings. The lowest BCUT2D eigenvalue weighted by Crippen LogP contribution is -2.41. The summed E-state index contributed by atoms with van der Waals surface area (Å²) in [4.78, 5) is 0.314. The third-order valence-corrected chi connectivity index (χ3v) is 6.08. The lowest BCUT2D eigenvalue weighted by molar-refractivity contribution is 0.310. The minimum absolute atomic E-state index is 0.0282. The first-order valence-corrected chi connectivity index (χ1v) is 9.11. The molecule has 2 atom stereocenters. The van der Waals surface area contributed by atoms with E-state index in [1.165, 1.54) is 6.42 Å².